The molecule has 1 saturated heterocycles. The molecule has 0 radical (unpaired) electrons. The van der Waals surface area contributed by atoms with Gasteiger partial charge in [0.2, 0.25) is 0 Å². The first-order chi connectivity index (χ1) is 9.22. The largest absolute Gasteiger partial charge is 0.466 e. The fourth-order valence-electron chi connectivity index (χ4n) is 2.33. The Bertz CT molecular complexity index is 555. The molecule has 0 aliphatic carbocycles. The van der Waals surface area contributed by atoms with Crippen LogP contribution in [0.15, 0.2) is 14.9 Å². The summed E-state index contributed by atoms with van der Waals surface area (Å²) in [4.78, 5) is 1.42. The van der Waals surface area contributed by atoms with Crippen molar-refractivity contribution in [3.05, 3.63) is 23.5 Å². The molecule has 0 bridgehead atoms. The molecule has 1 aliphatic rings. The van der Waals surface area contributed by atoms with Gasteiger partial charge >= 0.3 is 0 Å². The molecule has 3 heterocycles. The van der Waals surface area contributed by atoms with E-state index in [-0.39, 0.29) is 0 Å². The van der Waals surface area contributed by atoms with Crippen molar-refractivity contribution in [1.82, 2.24) is 10.2 Å². The number of morpholine rings is 1. The van der Waals surface area contributed by atoms with E-state index in [0.717, 1.165) is 49.9 Å². The molecule has 0 saturated carbocycles. The molecule has 3 rings (SSSR count). The minimum Gasteiger partial charge on any atom is -0.466 e. The van der Waals surface area contributed by atoms with Crippen LogP contribution in [0.25, 0.3) is 11.5 Å². The van der Waals surface area contributed by atoms with Gasteiger partial charge < -0.3 is 18.5 Å². The second-order valence-corrected chi connectivity index (χ2v) is 4.87. The van der Waals surface area contributed by atoms with Crippen LogP contribution in [0, 0.1) is 13.8 Å². The number of quaternary nitrogens is 1. The molecule has 6 nitrogen and oxygen atoms in total. The fraction of sp³-hybridized carbons (Fsp3) is 0.538. The molecule has 1 fully saturated rings. The van der Waals surface area contributed by atoms with Gasteiger partial charge in [0.1, 0.15) is 24.6 Å². The molecule has 0 atom stereocenters. The van der Waals surface area contributed by atoms with Crippen molar-refractivity contribution >= 4 is 0 Å². The molecule has 0 unspecified atom stereocenters. The lowest BCUT2D eigenvalue weighted by Crippen LogP contribution is -3.12. The molecule has 1 aliphatic heterocycles. The Balaban J connectivity index is 1.74. The summed E-state index contributed by atoms with van der Waals surface area (Å²) in [5, 5.41) is 8.22. The van der Waals surface area contributed by atoms with Crippen LogP contribution in [0.4, 0.5) is 0 Å². The summed E-state index contributed by atoms with van der Waals surface area (Å²) < 4.78 is 16.5. The zero-order chi connectivity index (χ0) is 13.2. The molecule has 0 aromatic carbocycles. The van der Waals surface area contributed by atoms with Crippen LogP contribution in [0.2, 0.25) is 0 Å². The Hall–Kier alpha value is -1.66. The van der Waals surface area contributed by atoms with Crippen molar-refractivity contribution in [1.29, 1.82) is 0 Å². The second-order valence-electron chi connectivity index (χ2n) is 4.87. The van der Waals surface area contributed by atoms with Gasteiger partial charge in [0, 0.05) is 0 Å². The summed E-state index contributed by atoms with van der Waals surface area (Å²) in [5.74, 6) is 2.87. The monoisotopic (exact) mass is 264 g/mol. The van der Waals surface area contributed by atoms with Crippen molar-refractivity contribution in [3.8, 4) is 11.5 Å². The van der Waals surface area contributed by atoms with Gasteiger partial charge in [0.05, 0.1) is 18.8 Å². The summed E-state index contributed by atoms with van der Waals surface area (Å²) in [6, 6.07) is 1.92. The van der Waals surface area contributed by atoms with Crippen LogP contribution >= 0.6 is 0 Å². The molecular formula is C13H18N3O3+. The van der Waals surface area contributed by atoms with E-state index in [1.165, 1.54) is 4.90 Å². The van der Waals surface area contributed by atoms with E-state index in [9.17, 15) is 0 Å². The third-order valence-corrected chi connectivity index (χ3v) is 3.34. The lowest BCUT2D eigenvalue weighted by atomic mass is 10.2. The van der Waals surface area contributed by atoms with Gasteiger partial charge in [-0.15, -0.1) is 10.2 Å². The Morgan fingerprint density at radius 3 is 2.63 bits per heavy atom. The van der Waals surface area contributed by atoms with E-state index in [0.29, 0.717) is 11.8 Å². The van der Waals surface area contributed by atoms with Gasteiger partial charge in [-0.1, -0.05) is 0 Å². The summed E-state index contributed by atoms with van der Waals surface area (Å²) in [6.07, 6.45) is 0. The van der Waals surface area contributed by atoms with Gasteiger partial charge in [-0.05, 0) is 19.9 Å². The number of rotatable bonds is 3. The number of nitrogens with zero attached hydrogens (tertiary/aromatic N) is 2. The first-order valence-electron chi connectivity index (χ1n) is 6.53. The van der Waals surface area contributed by atoms with Crippen molar-refractivity contribution in [2.45, 2.75) is 20.4 Å². The minimum absolute atomic E-state index is 0.539. The minimum atomic E-state index is 0.539. The van der Waals surface area contributed by atoms with E-state index in [1.54, 1.807) is 0 Å². The number of hydrogen-bond acceptors (Lipinski definition) is 5. The number of furan rings is 1. The molecule has 2 aromatic rings. The summed E-state index contributed by atoms with van der Waals surface area (Å²) >= 11 is 0. The van der Waals surface area contributed by atoms with Gasteiger partial charge in [0.15, 0.2) is 6.54 Å². The predicted molar refractivity (Wildman–Crippen MR) is 66.7 cm³/mol. The summed E-state index contributed by atoms with van der Waals surface area (Å²) in [7, 11) is 0. The topological polar surface area (TPSA) is 65.7 Å². The lowest BCUT2D eigenvalue weighted by Gasteiger charge is -2.21. The van der Waals surface area contributed by atoms with Gasteiger partial charge in [0.25, 0.3) is 11.8 Å². The molecule has 0 amide bonds. The fourth-order valence-corrected chi connectivity index (χ4v) is 2.33. The van der Waals surface area contributed by atoms with Crippen LogP contribution in [0.1, 0.15) is 17.4 Å². The highest BCUT2D eigenvalue weighted by molar-refractivity contribution is 5.55. The van der Waals surface area contributed by atoms with Crippen molar-refractivity contribution in [2.75, 3.05) is 26.3 Å². The Labute approximate surface area is 111 Å². The smallest absolute Gasteiger partial charge is 0.271 e. The van der Waals surface area contributed by atoms with E-state index in [4.69, 9.17) is 13.6 Å². The highest BCUT2D eigenvalue weighted by atomic mass is 16.5. The third kappa shape index (κ3) is 2.69. The van der Waals surface area contributed by atoms with Crippen LogP contribution in [0.3, 0.4) is 0 Å². The number of nitrogens with one attached hydrogen (secondary N) is 1. The molecule has 0 spiro atoms. The SMILES string of the molecule is Cc1cc(-c2nnc(C[NH+]3CCOCC3)o2)c(C)o1. The van der Waals surface area contributed by atoms with Crippen molar-refractivity contribution in [3.63, 3.8) is 0 Å². The zero-order valence-electron chi connectivity index (χ0n) is 11.2. The molecule has 6 heteroatoms. The quantitative estimate of drug-likeness (QED) is 0.867. The molecule has 2 aromatic heterocycles. The standard InChI is InChI=1S/C13H17N3O3/c1-9-7-11(10(2)18-9)13-15-14-12(19-13)8-16-3-5-17-6-4-16/h7H,3-6,8H2,1-2H3/p+1. The van der Waals surface area contributed by atoms with Gasteiger partial charge in [-0.25, -0.2) is 0 Å². The molecule has 1 N–H and O–H groups in total. The predicted octanol–water partition coefficient (Wildman–Crippen LogP) is 0.362. The number of hydrogen-bond donors (Lipinski definition) is 1. The number of aryl methyl sites for hydroxylation is 2. The van der Waals surface area contributed by atoms with E-state index in [1.807, 2.05) is 19.9 Å². The van der Waals surface area contributed by atoms with Crippen molar-refractivity contribution in [2.24, 2.45) is 0 Å². The zero-order valence-corrected chi connectivity index (χ0v) is 11.2. The van der Waals surface area contributed by atoms with Gasteiger partial charge in [-0.2, -0.15) is 0 Å². The average molecular weight is 264 g/mol. The number of aromatic nitrogens is 2. The molecular weight excluding hydrogens is 246 g/mol. The summed E-state index contributed by atoms with van der Waals surface area (Å²) in [5.41, 5.74) is 0.883. The van der Waals surface area contributed by atoms with Gasteiger partial charge in [-0.3, -0.25) is 0 Å². The van der Waals surface area contributed by atoms with Crippen LogP contribution in [0.5, 0.6) is 0 Å². The number of ether oxygens (including phenoxy) is 1. The van der Waals surface area contributed by atoms with E-state index in [2.05, 4.69) is 10.2 Å². The average Bonchev–Trinajstić information content (AvgIpc) is 2.97. The Morgan fingerprint density at radius 2 is 1.95 bits per heavy atom. The van der Waals surface area contributed by atoms with E-state index >= 15 is 0 Å². The molecule has 19 heavy (non-hydrogen) atoms. The van der Waals surface area contributed by atoms with Crippen molar-refractivity contribution < 1.29 is 18.5 Å². The normalized spacial score (nSPS) is 16.9. The lowest BCUT2D eigenvalue weighted by molar-refractivity contribution is -0.922. The summed E-state index contributed by atoms with van der Waals surface area (Å²) in [6.45, 7) is 8.15. The van der Waals surface area contributed by atoms with Crippen LogP contribution in [-0.4, -0.2) is 36.5 Å². The Morgan fingerprint density at radius 1 is 1.16 bits per heavy atom. The van der Waals surface area contributed by atoms with E-state index < -0.39 is 0 Å². The second kappa shape index (κ2) is 5.14. The van der Waals surface area contributed by atoms with Crippen LogP contribution < -0.4 is 4.90 Å². The maximum atomic E-state index is 5.72. The highest BCUT2D eigenvalue weighted by Crippen LogP contribution is 2.25. The Kier molecular flexibility index (Phi) is 3.35. The maximum absolute atomic E-state index is 5.72. The highest BCUT2D eigenvalue weighted by Gasteiger charge is 2.19. The van der Waals surface area contributed by atoms with Crippen LogP contribution in [-0.2, 0) is 11.3 Å². The third-order valence-electron chi connectivity index (χ3n) is 3.34. The first-order valence-corrected chi connectivity index (χ1v) is 6.53. The molecule has 102 valence electrons. The first kappa shape index (κ1) is 12.4. The maximum Gasteiger partial charge on any atom is 0.271 e.